The minimum Gasteiger partial charge on any atom is -0.411 e. The maximum absolute atomic E-state index is 12.5. The number of aromatic nitrogens is 2. The lowest BCUT2D eigenvalue weighted by Gasteiger charge is -2.20. The average molecular weight is 399 g/mol. The fourth-order valence-electron chi connectivity index (χ4n) is 3.03. The molecule has 1 aliphatic heterocycles. The van der Waals surface area contributed by atoms with Gasteiger partial charge < -0.3 is 4.42 Å². The third kappa shape index (κ3) is 3.97. The Kier molecular flexibility index (Phi) is 5.44. The number of benzene rings is 1. The van der Waals surface area contributed by atoms with E-state index < -0.39 is 31.1 Å². The Morgan fingerprint density at radius 3 is 2.58 bits per heavy atom. The molecule has 0 saturated carbocycles. The van der Waals surface area contributed by atoms with Crippen LogP contribution < -0.4 is 0 Å². The van der Waals surface area contributed by atoms with E-state index >= 15 is 0 Å². The van der Waals surface area contributed by atoms with Gasteiger partial charge in [0.2, 0.25) is 25.8 Å². The normalized spacial score (nSPS) is 19.0. The summed E-state index contributed by atoms with van der Waals surface area (Å²) in [4.78, 5) is 0. The van der Waals surface area contributed by atoms with E-state index in [0.29, 0.717) is 31.4 Å². The number of sulfonamides is 1. The van der Waals surface area contributed by atoms with Crippen molar-refractivity contribution in [3.63, 3.8) is 0 Å². The van der Waals surface area contributed by atoms with E-state index in [2.05, 4.69) is 10.2 Å². The van der Waals surface area contributed by atoms with Crippen LogP contribution >= 0.6 is 0 Å². The van der Waals surface area contributed by atoms with Gasteiger partial charge in [0, 0.05) is 6.54 Å². The molecule has 2 heterocycles. The van der Waals surface area contributed by atoms with Gasteiger partial charge >= 0.3 is 5.22 Å². The fraction of sp³-hybridized carbons (Fsp3) is 0.500. The van der Waals surface area contributed by atoms with E-state index in [4.69, 9.17) is 4.42 Å². The van der Waals surface area contributed by atoms with Crippen molar-refractivity contribution in [3.8, 4) is 0 Å². The van der Waals surface area contributed by atoms with Crippen molar-refractivity contribution >= 4 is 19.9 Å². The second-order valence-corrected chi connectivity index (χ2v) is 10.1. The van der Waals surface area contributed by atoms with Gasteiger partial charge in [0.1, 0.15) is 6.04 Å². The van der Waals surface area contributed by atoms with Crippen molar-refractivity contribution in [3.05, 3.63) is 41.8 Å². The van der Waals surface area contributed by atoms with Crippen molar-refractivity contribution in [2.75, 3.05) is 12.3 Å². The first-order valence-corrected chi connectivity index (χ1v) is 11.7. The Balaban J connectivity index is 1.83. The van der Waals surface area contributed by atoms with Crippen LogP contribution in [0.25, 0.3) is 0 Å². The Morgan fingerprint density at radius 1 is 1.15 bits per heavy atom. The zero-order valence-electron chi connectivity index (χ0n) is 14.4. The number of rotatable bonds is 7. The third-order valence-electron chi connectivity index (χ3n) is 4.20. The third-order valence-corrected chi connectivity index (χ3v) is 7.68. The summed E-state index contributed by atoms with van der Waals surface area (Å²) in [5, 5.41) is 7.02. The highest BCUT2D eigenvalue weighted by molar-refractivity contribution is 7.90. The molecule has 0 unspecified atom stereocenters. The summed E-state index contributed by atoms with van der Waals surface area (Å²) < 4.78 is 56.5. The first-order chi connectivity index (χ1) is 12.3. The van der Waals surface area contributed by atoms with Gasteiger partial charge in [-0.15, -0.1) is 5.10 Å². The number of hydrogen-bond donors (Lipinski definition) is 0. The van der Waals surface area contributed by atoms with Crippen molar-refractivity contribution in [1.82, 2.24) is 14.5 Å². The lowest BCUT2D eigenvalue weighted by Crippen LogP contribution is -2.32. The summed E-state index contributed by atoms with van der Waals surface area (Å²) in [5.41, 5.74) is 0.611. The van der Waals surface area contributed by atoms with Crippen LogP contribution in [-0.4, -0.2) is 43.6 Å². The predicted octanol–water partition coefficient (Wildman–Crippen LogP) is 1.92. The quantitative estimate of drug-likeness (QED) is 0.699. The van der Waals surface area contributed by atoms with E-state index in [-0.39, 0.29) is 17.4 Å². The maximum atomic E-state index is 12.5. The highest BCUT2D eigenvalue weighted by atomic mass is 32.2. The highest BCUT2D eigenvalue weighted by Crippen LogP contribution is 2.34. The van der Waals surface area contributed by atoms with Crippen LogP contribution in [-0.2, 0) is 25.6 Å². The second-order valence-electron chi connectivity index (χ2n) is 6.24. The molecule has 1 aromatic heterocycles. The average Bonchev–Trinajstić information content (AvgIpc) is 3.25. The van der Waals surface area contributed by atoms with Gasteiger partial charge in [-0.3, -0.25) is 0 Å². The number of hydrogen-bond acceptors (Lipinski definition) is 7. The van der Waals surface area contributed by atoms with Crippen LogP contribution in [0, 0.1) is 0 Å². The van der Waals surface area contributed by atoms with E-state index in [1.165, 1.54) is 4.31 Å². The molecule has 0 spiro atoms. The number of nitrogens with zero attached hydrogens (tertiary/aromatic N) is 3. The summed E-state index contributed by atoms with van der Waals surface area (Å²) in [6.45, 7) is 2.17. The van der Waals surface area contributed by atoms with Gasteiger partial charge in [-0.1, -0.05) is 42.4 Å². The Morgan fingerprint density at radius 2 is 1.88 bits per heavy atom. The van der Waals surface area contributed by atoms with E-state index in [1.54, 1.807) is 37.3 Å². The van der Waals surface area contributed by atoms with Crippen LogP contribution in [0.5, 0.6) is 0 Å². The summed E-state index contributed by atoms with van der Waals surface area (Å²) in [6.07, 6.45) is 1.71. The zero-order chi connectivity index (χ0) is 18.8. The first kappa shape index (κ1) is 19.0. The minimum atomic E-state index is -3.79. The van der Waals surface area contributed by atoms with Crippen LogP contribution in [0.4, 0.5) is 0 Å². The van der Waals surface area contributed by atoms with Gasteiger partial charge in [-0.05, 0) is 24.8 Å². The monoisotopic (exact) mass is 399 g/mol. The van der Waals surface area contributed by atoms with Crippen molar-refractivity contribution in [1.29, 1.82) is 0 Å². The molecular weight excluding hydrogens is 378 g/mol. The molecule has 10 heteroatoms. The Hall–Kier alpha value is -1.78. The van der Waals surface area contributed by atoms with E-state index in [9.17, 15) is 16.8 Å². The van der Waals surface area contributed by atoms with E-state index in [1.807, 2.05) is 0 Å². The predicted molar refractivity (Wildman–Crippen MR) is 94.4 cm³/mol. The summed E-state index contributed by atoms with van der Waals surface area (Å²) in [7, 11) is -7.22. The van der Waals surface area contributed by atoms with Crippen LogP contribution in [0.3, 0.4) is 0 Å². The molecular formula is C16H21N3O5S2. The molecule has 1 aliphatic rings. The second kappa shape index (κ2) is 7.45. The molecule has 1 atom stereocenters. The molecule has 0 amide bonds. The number of sulfone groups is 1. The molecule has 8 nitrogen and oxygen atoms in total. The molecule has 0 aliphatic carbocycles. The highest BCUT2D eigenvalue weighted by Gasteiger charge is 2.38. The minimum absolute atomic E-state index is 0.0359. The molecule has 0 radical (unpaired) electrons. The Bertz CT molecular complexity index is 955. The van der Waals surface area contributed by atoms with Gasteiger partial charge in [0.05, 0.1) is 11.5 Å². The van der Waals surface area contributed by atoms with Crippen LogP contribution in [0.2, 0.25) is 0 Å². The molecule has 2 aromatic rings. The summed E-state index contributed by atoms with van der Waals surface area (Å²) in [6, 6.07) is 8.10. The molecule has 142 valence electrons. The lowest BCUT2D eigenvalue weighted by atomic mass is 10.2. The first-order valence-electron chi connectivity index (χ1n) is 8.43. The van der Waals surface area contributed by atoms with Gasteiger partial charge in [0.25, 0.3) is 0 Å². The smallest absolute Gasteiger partial charge is 0.335 e. The molecule has 26 heavy (non-hydrogen) atoms. The molecule has 1 aromatic carbocycles. The molecule has 3 rings (SSSR count). The van der Waals surface area contributed by atoms with Crippen LogP contribution in [0.15, 0.2) is 40.0 Å². The van der Waals surface area contributed by atoms with Gasteiger partial charge in [0.15, 0.2) is 0 Å². The fourth-order valence-corrected chi connectivity index (χ4v) is 5.90. The summed E-state index contributed by atoms with van der Waals surface area (Å²) >= 11 is 0. The summed E-state index contributed by atoms with van der Waals surface area (Å²) in [5.74, 6) is -0.178. The van der Waals surface area contributed by atoms with Crippen molar-refractivity contribution < 1.29 is 21.3 Å². The molecule has 0 bridgehead atoms. The van der Waals surface area contributed by atoms with Crippen LogP contribution in [0.1, 0.15) is 43.7 Å². The van der Waals surface area contributed by atoms with Crippen molar-refractivity contribution in [2.45, 2.75) is 43.2 Å². The maximum Gasteiger partial charge on any atom is 0.335 e. The van der Waals surface area contributed by atoms with Gasteiger partial charge in [-0.25, -0.2) is 16.8 Å². The Labute approximate surface area is 153 Å². The lowest BCUT2D eigenvalue weighted by molar-refractivity contribution is 0.303. The molecule has 1 fully saturated rings. The van der Waals surface area contributed by atoms with E-state index in [0.717, 1.165) is 0 Å². The SMILES string of the molecule is CCCS(=O)(=O)N1CCC[C@H]1c1nnc(S(=O)(=O)Cc2ccccc2)o1. The standard InChI is InChI=1S/C16H21N3O5S2/c1-2-11-26(22,23)19-10-6-9-14(19)15-17-18-16(24-15)25(20,21)12-13-7-4-3-5-8-13/h3-5,7-8,14H,2,6,9-12H2,1H3/t14-/m0/s1. The largest absolute Gasteiger partial charge is 0.411 e. The molecule has 0 N–H and O–H groups in total. The van der Waals surface area contributed by atoms with Crippen molar-refractivity contribution in [2.24, 2.45) is 0 Å². The zero-order valence-corrected chi connectivity index (χ0v) is 16.0. The van der Waals surface area contributed by atoms with Gasteiger partial charge in [-0.2, -0.15) is 4.31 Å². The topological polar surface area (TPSA) is 110 Å². The molecule has 1 saturated heterocycles.